The average Bonchev–Trinajstić information content (AvgIpc) is 2.47. The Hall–Kier alpha value is -2.28. The van der Waals surface area contributed by atoms with Gasteiger partial charge in [0.25, 0.3) is 5.91 Å². The van der Waals surface area contributed by atoms with Crippen LogP contribution >= 0.6 is 11.6 Å². The van der Waals surface area contributed by atoms with Crippen LogP contribution in [-0.4, -0.2) is 12.5 Å². The predicted molar refractivity (Wildman–Crippen MR) is 81.8 cm³/mol. The van der Waals surface area contributed by atoms with E-state index in [0.717, 1.165) is 5.56 Å². The lowest BCUT2D eigenvalue weighted by atomic mass is 10.2. The van der Waals surface area contributed by atoms with E-state index < -0.39 is 0 Å². The highest BCUT2D eigenvalue weighted by Gasteiger charge is 2.05. The summed E-state index contributed by atoms with van der Waals surface area (Å²) in [4.78, 5) is 12.0. The smallest absolute Gasteiger partial charge is 0.255 e. The molecule has 0 saturated heterocycles. The van der Waals surface area contributed by atoms with Gasteiger partial charge in [0, 0.05) is 21.8 Å². The van der Waals surface area contributed by atoms with E-state index in [1.165, 1.54) is 0 Å². The van der Waals surface area contributed by atoms with E-state index in [0.29, 0.717) is 22.8 Å². The van der Waals surface area contributed by atoms with Gasteiger partial charge in [-0.3, -0.25) is 4.79 Å². The van der Waals surface area contributed by atoms with Crippen molar-refractivity contribution >= 4 is 23.2 Å². The molecule has 3 nitrogen and oxygen atoms in total. The molecule has 0 aliphatic heterocycles. The van der Waals surface area contributed by atoms with Crippen molar-refractivity contribution in [3.05, 3.63) is 64.7 Å². The fourth-order valence-electron chi connectivity index (χ4n) is 1.59. The lowest BCUT2D eigenvalue weighted by Crippen LogP contribution is -2.11. The Morgan fingerprint density at radius 2 is 1.75 bits per heavy atom. The lowest BCUT2D eigenvalue weighted by Gasteiger charge is -2.05. The summed E-state index contributed by atoms with van der Waals surface area (Å²) >= 11 is 5.78. The maximum absolute atomic E-state index is 12.0. The van der Waals surface area contributed by atoms with Crippen molar-refractivity contribution in [1.82, 2.24) is 0 Å². The molecule has 0 aliphatic carbocycles. The van der Waals surface area contributed by atoms with E-state index in [1.54, 1.807) is 36.4 Å². The molecule has 0 unspecified atom stereocenters. The molecule has 2 aromatic rings. The summed E-state index contributed by atoms with van der Waals surface area (Å²) in [7, 11) is 0. The Morgan fingerprint density at radius 3 is 2.35 bits per heavy atom. The van der Waals surface area contributed by atoms with Crippen LogP contribution in [0, 0.1) is 11.8 Å². The summed E-state index contributed by atoms with van der Waals surface area (Å²) < 4.78 is 0. The SMILES string of the molecule is NCC#Cc1ccc(NC(=O)c2ccc(Cl)cc2)cc1. The van der Waals surface area contributed by atoms with Crippen molar-refractivity contribution in [1.29, 1.82) is 0 Å². The van der Waals surface area contributed by atoms with Crippen LogP contribution in [0.15, 0.2) is 48.5 Å². The number of carbonyl (C=O) groups is 1. The molecule has 3 N–H and O–H groups in total. The van der Waals surface area contributed by atoms with Crippen molar-refractivity contribution in [2.24, 2.45) is 5.73 Å². The molecule has 0 bridgehead atoms. The second kappa shape index (κ2) is 6.76. The molecule has 0 saturated carbocycles. The van der Waals surface area contributed by atoms with Gasteiger partial charge in [-0.1, -0.05) is 23.4 Å². The van der Waals surface area contributed by atoms with Gasteiger partial charge in [-0.2, -0.15) is 0 Å². The molecule has 0 aliphatic rings. The van der Waals surface area contributed by atoms with Gasteiger partial charge in [-0.25, -0.2) is 0 Å². The maximum Gasteiger partial charge on any atom is 0.255 e. The van der Waals surface area contributed by atoms with Crippen molar-refractivity contribution < 1.29 is 4.79 Å². The van der Waals surface area contributed by atoms with Crippen LogP contribution in [0.25, 0.3) is 0 Å². The second-order valence-electron chi connectivity index (χ2n) is 4.04. The molecule has 0 fully saturated rings. The lowest BCUT2D eigenvalue weighted by molar-refractivity contribution is 0.102. The molecular formula is C16H13ClN2O. The number of carbonyl (C=O) groups excluding carboxylic acids is 1. The minimum Gasteiger partial charge on any atom is -0.322 e. The minimum atomic E-state index is -0.178. The average molecular weight is 285 g/mol. The number of nitrogens with two attached hydrogens (primary N) is 1. The van der Waals surface area contributed by atoms with Gasteiger partial charge in [0.15, 0.2) is 0 Å². The van der Waals surface area contributed by atoms with E-state index in [-0.39, 0.29) is 5.91 Å². The Morgan fingerprint density at radius 1 is 1.10 bits per heavy atom. The highest BCUT2D eigenvalue weighted by atomic mass is 35.5. The molecule has 100 valence electrons. The third-order valence-electron chi connectivity index (χ3n) is 2.58. The number of hydrogen-bond donors (Lipinski definition) is 2. The topological polar surface area (TPSA) is 55.1 Å². The summed E-state index contributed by atoms with van der Waals surface area (Å²) in [5.41, 5.74) is 7.44. The molecule has 0 heterocycles. The van der Waals surface area contributed by atoms with Crippen molar-refractivity contribution in [3.63, 3.8) is 0 Å². The van der Waals surface area contributed by atoms with Gasteiger partial charge in [0.2, 0.25) is 0 Å². The Bertz CT molecular complexity index is 652. The zero-order valence-electron chi connectivity index (χ0n) is 10.7. The highest BCUT2D eigenvalue weighted by Crippen LogP contribution is 2.13. The summed E-state index contributed by atoms with van der Waals surface area (Å²) in [6, 6.07) is 14.0. The van der Waals surface area contributed by atoms with Gasteiger partial charge in [0.05, 0.1) is 6.54 Å². The van der Waals surface area contributed by atoms with Crippen LogP contribution in [0.3, 0.4) is 0 Å². The molecule has 0 aromatic heterocycles. The number of halogens is 1. The number of hydrogen-bond acceptors (Lipinski definition) is 2. The summed E-state index contributed by atoms with van der Waals surface area (Å²) in [5.74, 6) is 5.52. The van der Waals surface area contributed by atoms with Crippen LogP contribution in [-0.2, 0) is 0 Å². The van der Waals surface area contributed by atoms with E-state index in [4.69, 9.17) is 17.3 Å². The molecule has 2 rings (SSSR count). The Labute approximate surface area is 122 Å². The summed E-state index contributed by atoms with van der Waals surface area (Å²) in [6.07, 6.45) is 0. The van der Waals surface area contributed by atoms with Crippen molar-refractivity contribution in [3.8, 4) is 11.8 Å². The standard InChI is InChI=1S/C16H13ClN2O/c17-14-7-5-13(6-8-14)16(20)19-15-9-3-12(4-10-15)2-1-11-18/h3-10H,11,18H2,(H,19,20). The van der Waals surface area contributed by atoms with Crippen LogP contribution in [0.5, 0.6) is 0 Å². The molecule has 4 heteroatoms. The molecular weight excluding hydrogens is 272 g/mol. The molecule has 20 heavy (non-hydrogen) atoms. The fourth-order valence-corrected chi connectivity index (χ4v) is 1.72. The normalized spacial score (nSPS) is 9.50. The molecule has 0 spiro atoms. The van der Waals surface area contributed by atoms with Crippen LogP contribution in [0.1, 0.15) is 15.9 Å². The quantitative estimate of drug-likeness (QED) is 0.833. The Kier molecular flexibility index (Phi) is 4.78. The zero-order chi connectivity index (χ0) is 14.4. The van der Waals surface area contributed by atoms with Crippen molar-refractivity contribution in [2.45, 2.75) is 0 Å². The molecule has 0 atom stereocenters. The van der Waals surface area contributed by atoms with E-state index in [9.17, 15) is 4.79 Å². The first-order chi connectivity index (χ1) is 9.69. The minimum absolute atomic E-state index is 0.178. The third-order valence-corrected chi connectivity index (χ3v) is 2.84. The van der Waals surface area contributed by atoms with E-state index in [2.05, 4.69) is 17.2 Å². The third kappa shape index (κ3) is 3.86. The van der Waals surface area contributed by atoms with E-state index in [1.807, 2.05) is 12.1 Å². The first kappa shape index (κ1) is 14.1. The number of amides is 1. The second-order valence-corrected chi connectivity index (χ2v) is 4.48. The van der Waals surface area contributed by atoms with Gasteiger partial charge in [0.1, 0.15) is 0 Å². The van der Waals surface area contributed by atoms with Crippen molar-refractivity contribution in [2.75, 3.05) is 11.9 Å². The molecule has 1 amide bonds. The first-order valence-corrected chi connectivity index (χ1v) is 6.43. The summed E-state index contributed by atoms with van der Waals surface area (Å²) in [6.45, 7) is 0.328. The van der Waals surface area contributed by atoms with Crippen LogP contribution in [0.2, 0.25) is 5.02 Å². The van der Waals surface area contributed by atoms with Crippen LogP contribution < -0.4 is 11.1 Å². The van der Waals surface area contributed by atoms with E-state index >= 15 is 0 Å². The van der Waals surface area contributed by atoms with Crippen LogP contribution in [0.4, 0.5) is 5.69 Å². The monoisotopic (exact) mass is 284 g/mol. The fraction of sp³-hybridized carbons (Fsp3) is 0.0625. The molecule has 0 radical (unpaired) electrons. The summed E-state index contributed by atoms with van der Waals surface area (Å²) in [5, 5.41) is 3.41. The highest BCUT2D eigenvalue weighted by molar-refractivity contribution is 6.30. The predicted octanol–water partition coefficient (Wildman–Crippen LogP) is 2.90. The maximum atomic E-state index is 12.0. The van der Waals surface area contributed by atoms with Gasteiger partial charge in [-0.05, 0) is 48.5 Å². The van der Waals surface area contributed by atoms with Gasteiger partial charge >= 0.3 is 0 Å². The largest absolute Gasteiger partial charge is 0.322 e. The number of nitrogens with one attached hydrogen (secondary N) is 1. The Balaban J connectivity index is 2.06. The first-order valence-electron chi connectivity index (χ1n) is 6.05. The number of benzene rings is 2. The number of rotatable bonds is 2. The zero-order valence-corrected chi connectivity index (χ0v) is 11.4. The van der Waals surface area contributed by atoms with Gasteiger partial charge in [-0.15, -0.1) is 0 Å². The number of anilines is 1. The molecule has 2 aromatic carbocycles. The van der Waals surface area contributed by atoms with Gasteiger partial charge < -0.3 is 11.1 Å².